The first-order valence-corrected chi connectivity index (χ1v) is 6.62. The van der Waals surface area contributed by atoms with Crippen LogP contribution >= 0.6 is 15.9 Å². The summed E-state index contributed by atoms with van der Waals surface area (Å²) in [6.07, 6.45) is 0.625. The Bertz CT molecular complexity index is 554. The second-order valence-electron chi connectivity index (χ2n) is 4.42. The highest BCUT2D eigenvalue weighted by molar-refractivity contribution is 9.10. The molecular weight excluding hydrogens is 293 g/mol. The van der Waals surface area contributed by atoms with E-state index < -0.39 is 0 Å². The molecule has 3 heteroatoms. The van der Waals surface area contributed by atoms with Gasteiger partial charge in [0.15, 0.2) is 0 Å². The summed E-state index contributed by atoms with van der Waals surface area (Å²) in [5.74, 6) is -0.194. The van der Waals surface area contributed by atoms with E-state index in [0.29, 0.717) is 17.5 Å². The topological polar surface area (TPSA) is 26.0 Å². The van der Waals surface area contributed by atoms with Gasteiger partial charge in [-0.2, -0.15) is 0 Å². The second kappa shape index (κ2) is 5.63. The summed E-state index contributed by atoms with van der Waals surface area (Å²) in [6, 6.07) is 13.0. The molecule has 0 aromatic heterocycles. The molecule has 0 aliphatic heterocycles. The zero-order valence-electron chi connectivity index (χ0n) is 10.2. The zero-order valence-corrected chi connectivity index (χ0v) is 11.7. The molecule has 0 saturated heterocycles. The highest BCUT2D eigenvalue weighted by atomic mass is 79.9. The number of nitrogens with two attached hydrogens (primary N) is 1. The Hall–Kier alpha value is -1.19. The van der Waals surface area contributed by atoms with Crippen LogP contribution in [0.3, 0.4) is 0 Å². The summed E-state index contributed by atoms with van der Waals surface area (Å²) in [5, 5.41) is 0. The molecule has 1 unspecified atom stereocenters. The Morgan fingerprint density at radius 3 is 2.67 bits per heavy atom. The number of hydrogen-bond donors (Lipinski definition) is 1. The SMILES string of the molecule is Cc1cccc(C(N)Cc2cccc(Br)c2)c1F. The molecule has 1 nitrogen and oxygen atoms in total. The molecular formula is C15H15BrFN. The van der Waals surface area contributed by atoms with Gasteiger partial charge in [0.2, 0.25) is 0 Å². The Morgan fingerprint density at radius 2 is 1.94 bits per heavy atom. The van der Waals surface area contributed by atoms with Gasteiger partial charge in [-0.3, -0.25) is 0 Å². The molecule has 0 fully saturated rings. The number of aryl methyl sites for hydroxylation is 1. The Labute approximate surface area is 115 Å². The van der Waals surface area contributed by atoms with Gasteiger partial charge in [-0.1, -0.05) is 46.3 Å². The van der Waals surface area contributed by atoms with Gasteiger partial charge in [-0.05, 0) is 36.6 Å². The fourth-order valence-corrected chi connectivity index (χ4v) is 2.43. The van der Waals surface area contributed by atoms with Crippen molar-refractivity contribution in [3.05, 3.63) is 69.4 Å². The van der Waals surface area contributed by atoms with E-state index in [-0.39, 0.29) is 11.9 Å². The summed E-state index contributed by atoms with van der Waals surface area (Å²) in [7, 11) is 0. The van der Waals surface area contributed by atoms with E-state index in [1.165, 1.54) is 0 Å². The summed E-state index contributed by atoms with van der Waals surface area (Å²) >= 11 is 3.42. The monoisotopic (exact) mass is 307 g/mol. The minimum atomic E-state index is -0.320. The lowest BCUT2D eigenvalue weighted by Crippen LogP contribution is -2.15. The summed E-state index contributed by atoms with van der Waals surface area (Å²) < 4.78 is 15.0. The van der Waals surface area contributed by atoms with Crippen LogP contribution in [0.2, 0.25) is 0 Å². The van der Waals surface area contributed by atoms with Crippen LogP contribution in [0.25, 0.3) is 0 Å². The van der Waals surface area contributed by atoms with Crippen molar-refractivity contribution in [3.8, 4) is 0 Å². The second-order valence-corrected chi connectivity index (χ2v) is 5.33. The lowest BCUT2D eigenvalue weighted by Gasteiger charge is -2.14. The fourth-order valence-electron chi connectivity index (χ4n) is 1.98. The van der Waals surface area contributed by atoms with E-state index >= 15 is 0 Å². The predicted octanol–water partition coefficient (Wildman–Crippen LogP) is 4.14. The molecule has 2 N–H and O–H groups in total. The van der Waals surface area contributed by atoms with Gasteiger partial charge >= 0.3 is 0 Å². The van der Waals surface area contributed by atoms with Gasteiger partial charge in [0, 0.05) is 16.1 Å². The van der Waals surface area contributed by atoms with Crippen molar-refractivity contribution in [2.45, 2.75) is 19.4 Å². The van der Waals surface area contributed by atoms with Crippen LogP contribution in [0.15, 0.2) is 46.9 Å². The fraction of sp³-hybridized carbons (Fsp3) is 0.200. The van der Waals surface area contributed by atoms with Gasteiger partial charge in [-0.15, -0.1) is 0 Å². The van der Waals surface area contributed by atoms with Crippen molar-refractivity contribution in [1.29, 1.82) is 0 Å². The van der Waals surface area contributed by atoms with Crippen molar-refractivity contribution < 1.29 is 4.39 Å². The number of halogens is 2. The van der Waals surface area contributed by atoms with Crippen LogP contribution in [-0.2, 0) is 6.42 Å². The van der Waals surface area contributed by atoms with Crippen molar-refractivity contribution in [1.82, 2.24) is 0 Å². The van der Waals surface area contributed by atoms with Gasteiger partial charge in [-0.25, -0.2) is 4.39 Å². The number of hydrogen-bond acceptors (Lipinski definition) is 1. The van der Waals surface area contributed by atoms with E-state index in [0.717, 1.165) is 10.0 Å². The molecule has 2 aromatic carbocycles. The van der Waals surface area contributed by atoms with Gasteiger partial charge in [0.25, 0.3) is 0 Å². The highest BCUT2D eigenvalue weighted by Crippen LogP contribution is 2.22. The Kier molecular flexibility index (Phi) is 4.15. The summed E-state index contributed by atoms with van der Waals surface area (Å²) in [4.78, 5) is 0. The highest BCUT2D eigenvalue weighted by Gasteiger charge is 2.13. The Morgan fingerprint density at radius 1 is 1.22 bits per heavy atom. The van der Waals surface area contributed by atoms with Gasteiger partial charge < -0.3 is 5.73 Å². The predicted molar refractivity (Wildman–Crippen MR) is 75.9 cm³/mol. The summed E-state index contributed by atoms with van der Waals surface area (Å²) in [5.41, 5.74) is 8.40. The van der Waals surface area contributed by atoms with Crippen molar-refractivity contribution in [2.24, 2.45) is 5.73 Å². The molecule has 18 heavy (non-hydrogen) atoms. The van der Waals surface area contributed by atoms with Crippen LogP contribution < -0.4 is 5.73 Å². The third kappa shape index (κ3) is 2.98. The van der Waals surface area contributed by atoms with Crippen LogP contribution in [0, 0.1) is 12.7 Å². The zero-order chi connectivity index (χ0) is 13.1. The first-order valence-electron chi connectivity index (χ1n) is 5.83. The largest absolute Gasteiger partial charge is 0.324 e. The molecule has 0 aliphatic carbocycles. The third-order valence-corrected chi connectivity index (χ3v) is 3.46. The summed E-state index contributed by atoms with van der Waals surface area (Å²) in [6.45, 7) is 1.75. The van der Waals surface area contributed by atoms with Crippen molar-refractivity contribution in [3.63, 3.8) is 0 Å². The van der Waals surface area contributed by atoms with Crippen LogP contribution in [0.1, 0.15) is 22.7 Å². The molecule has 0 spiro atoms. The van der Waals surface area contributed by atoms with E-state index in [2.05, 4.69) is 15.9 Å². The maximum absolute atomic E-state index is 13.9. The van der Waals surface area contributed by atoms with E-state index in [9.17, 15) is 4.39 Å². The average Bonchev–Trinajstić information content (AvgIpc) is 2.32. The van der Waals surface area contributed by atoms with E-state index in [4.69, 9.17) is 5.73 Å². The van der Waals surface area contributed by atoms with Gasteiger partial charge in [0.1, 0.15) is 5.82 Å². The quantitative estimate of drug-likeness (QED) is 0.906. The standard InChI is InChI=1S/C15H15BrFN/c1-10-4-2-7-13(15(10)17)14(18)9-11-5-3-6-12(16)8-11/h2-8,14H,9,18H2,1H3. The smallest absolute Gasteiger partial charge is 0.130 e. The molecule has 1 atom stereocenters. The van der Waals surface area contributed by atoms with E-state index in [1.54, 1.807) is 19.1 Å². The molecule has 94 valence electrons. The minimum absolute atomic E-state index is 0.194. The maximum Gasteiger partial charge on any atom is 0.130 e. The molecule has 0 radical (unpaired) electrons. The lowest BCUT2D eigenvalue weighted by molar-refractivity contribution is 0.573. The molecule has 2 rings (SSSR count). The molecule has 0 saturated carbocycles. The van der Waals surface area contributed by atoms with E-state index in [1.807, 2.05) is 30.3 Å². The molecule has 0 heterocycles. The van der Waals surface area contributed by atoms with Crippen LogP contribution in [0.4, 0.5) is 4.39 Å². The normalized spacial score (nSPS) is 12.4. The first kappa shape index (κ1) is 13.2. The van der Waals surface area contributed by atoms with Gasteiger partial charge in [0.05, 0.1) is 0 Å². The van der Waals surface area contributed by atoms with Crippen molar-refractivity contribution >= 4 is 15.9 Å². The number of rotatable bonds is 3. The average molecular weight is 308 g/mol. The maximum atomic E-state index is 13.9. The van der Waals surface area contributed by atoms with Crippen LogP contribution in [0.5, 0.6) is 0 Å². The first-order chi connectivity index (χ1) is 8.58. The molecule has 2 aromatic rings. The molecule has 0 bridgehead atoms. The minimum Gasteiger partial charge on any atom is -0.324 e. The third-order valence-electron chi connectivity index (χ3n) is 2.97. The molecule has 0 aliphatic rings. The lowest BCUT2D eigenvalue weighted by atomic mass is 9.98. The number of benzene rings is 2. The Balaban J connectivity index is 2.22. The molecule has 0 amide bonds. The van der Waals surface area contributed by atoms with Crippen LogP contribution in [-0.4, -0.2) is 0 Å². The van der Waals surface area contributed by atoms with Crippen molar-refractivity contribution in [2.75, 3.05) is 0 Å².